The van der Waals surface area contributed by atoms with Crippen molar-refractivity contribution in [3.8, 4) is 5.69 Å². The molecule has 0 aliphatic heterocycles. The van der Waals surface area contributed by atoms with Gasteiger partial charge in [-0.2, -0.15) is 5.10 Å². The summed E-state index contributed by atoms with van der Waals surface area (Å²) in [4.78, 5) is 2.25. The van der Waals surface area contributed by atoms with Crippen LogP contribution in [0.5, 0.6) is 0 Å². The number of hydrogen-bond acceptors (Lipinski definition) is 3. The average molecular weight is 286 g/mol. The van der Waals surface area contributed by atoms with Crippen LogP contribution in [0.1, 0.15) is 32.0 Å². The minimum absolute atomic E-state index is 0.462. The molecule has 1 aromatic heterocycles. The summed E-state index contributed by atoms with van der Waals surface area (Å²) in [7, 11) is 2.12. The third kappa shape index (κ3) is 3.45. The number of aryl methyl sites for hydroxylation is 1. The maximum Gasteiger partial charge on any atom is 0.136 e. The number of anilines is 1. The van der Waals surface area contributed by atoms with Crippen LogP contribution in [0.15, 0.2) is 30.3 Å². The van der Waals surface area contributed by atoms with Crippen LogP contribution >= 0.6 is 0 Å². The average Bonchev–Trinajstić information content (AvgIpc) is 2.82. The number of aromatic nitrogens is 2. The Bertz CT molecular complexity index is 572. The molecule has 0 fully saturated rings. The SMILES string of the molecule is CCN(C)c1c(CNC(C)C)c(C)nn1-c1ccccc1. The second kappa shape index (κ2) is 6.76. The molecule has 0 bridgehead atoms. The Labute approximate surface area is 127 Å². The van der Waals surface area contributed by atoms with E-state index in [1.165, 1.54) is 11.4 Å². The van der Waals surface area contributed by atoms with Crippen molar-refractivity contribution in [3.05, 3.63) is 41.6 Å². The van der Waals surface area contributed by atoms with Gasteiger partial charge in [-0.05, 0) is 26.0 Å². The second-order valence-electron chi connectivity index (χ2n) is 5.68. The van der Waals surface area contributed by atoms with E-state index >= 15 is 0 Å². The number of benzene rings is 1. The van der Waals surface area contributed by atoms with Gasteiger partial charge in [0.15, 0.2) is 0 Å². The Hall–Kier alpha value is -1.81. The molecule has 0 saturated heterocycles. The van der Waals surface area contributed by atoms with Gasteiger partial charge >= 0.3 is 0 Å². The van der Waals surface area contributed by atoms with Crippen molar-refractivity contribution in [2.45, 2.75) is 40.3 Å². The summed E-state index contributed by atoms with van der Waals surface area (Å²) in [5, 5.41) is 8.27. The Morgan fingerprint density at radius 2 is 1.90 bits per heavy atom. The first-order valence-corrected chi connectivity index (χ1v) is 7.63. The molecule has 21 heavy (non-hydrogen) atoms. The summed E-state index contributed by atoms with van der Waals surface area (Å²) in [6.45, 7) is 10.4. The normalized spacial score (nSPS) is 11.1. The van der Waals surface area contributed by atoms with Gasteiger partial charge in [0.2, 0.25) is 0 Å². The molecule has 1 N–H and O–H groups in total. The standard InChI is InChI=1S/C17H26N4/c1-6-20(5)17-16(12-18-13(2)3)14(4)19-21(17)15-10-8-7-9-11-15/h7-11,13,18H,6,12H2,1-5H3. The summed E-state index contributed by atoms with van der Waals surface area (Å²) >= 11 is 0. The molecule has 114 valence electrons. The molecule has 0 unspecified atom stereocenters. The molecule has 2 rings (SSSR count). The zero-order valence-electron chi connectivity index (χ0n) is 13.7. The molecular weight excluding hydrogens is 260 g/mol. The fraction of sp³-hybridized carbons (Fsp3) is 0.471. The fourth-order valence-corrected chi connectivity index (χ4v) is 2.35. The van der Waals surface area contributed by atoms with Gasteiger partial charge in [-0.1, -0.05) is 32.0 Å². The van der Waals surface area contributed by atoms with E-state index in [-0.39, 0.29) is 0 Å². The number of hydrogen-bond donors (Lipinski definition) is 1. The highest BCUT2D eigenvalue weighted by Crippen LogP contribution is 2.26. The molecular formula is C17H26N4. The molecule has 4 heteroatoms. The Morgan fingerprint density at radius 3 is 2.48 bits per heavy atom. The molecule has 0 aliphatic rings. The van der Waals surface area contributed by atoms with E-state index in [2.05, 4.69) is 61.8 Å². The number of rotatable bonds is 6. The van der Waals surface area contributed by atoms with E-state index in [0.717, 1.165) is 24.5 Å². The first kappa shape index (κ1) is 15.6. The molecule has 1 aromatic carbocycles. The van der Waals surface area contributed by atoms with Crippen LogP contribution in [-0.2, 0) is 6.54 Å². The maximum atomic E-state index is 4.76. The van der Waals surface area contributed by atoms with Gasteiger partial charge in [-0.3, -0.25) is 0 Å². The van der Waals surface area contributed by atoms with E-state index in [1.807, 2.05) is 18.2 Å². The summed E-state index contributed by atoms with van der Waals surface area (Å²) in [5.74, 6) is 1.18. The lowest BCUT2D eigenvalue weighted by Gasteiger charge is -2.21. The van der Waals surface area contributed by atoms with Crippen LogP contribution < -0.4 is 10.2 Å². The van der Waals surface area contributed by atoms with Gasteiger partial charge in [0.25, 0.3) is 0 Å². The molecule has 1 heterocycles. The summed E-state index contributed by atoms with van der Waals surface area (Å²) in [5.41, 5.74) is 3.46. The smallest absolute Gasteiger partial charge is 0.136 e. The molecule has 4 nitrogen and oxygen atoms in total. The minimum Gasteiger partial charge on any atom is -0.360 e. The first-order valence-electron chi connectivity index (χ1n) is 7.63. The quantitative estimate of drug-likeness (QED) is 0.885. The predicted octanol–water partition coefficient (Wildman–Crippen LogP) is 3.13. The molecule has 0 saturated carbocycles. The first-order chi connectivity index (χ1) is 10.0. The molecule has 0 radical (unpaired) electrons. The van der Waals surface area contributed by atoms with Gasteiger partial charge in [0.05, 0.1) is 11.4 Å². The van der Waals surface area contributed by atoms with Gasteiger partial charge < -0.3 is 10.2 Å². The van der Waals surface area contributed by atoms with Crippen LogP contribution in [-0.4, -0.2) is 29.4 Å². The van der Waals surface area contributed by atoms with E-state index in [0.29, 0.717) is 6.04 Å². The molecule has 2 aromatic rings. The highest BCUT2D eigenvalue weighted by atomic mass is 15.4. The summed E-state index contributed by atoms with van der Waals surface area (Å²) < 4.78 is 2.05. The van der Waals surface area contributed by atoms with Crippen molar-refractivity contribution in [1.29, 1.82) is 0 Å². The lowest BCUT2D eigenvalue weighted by Crippen LogP contribution is -2.25. The largest absolute Gasteiger partial charge is 0.360 e. The molecule has 0 aliphatic carbocycles. The highest BCUT2D eigenvalue weighted by Gasteiger charge is 2.19. The molecule has 0 amide bonds. The van der Waals surface area contributed by atoms with Crippen molar-refractivity contribution < 1.29 is 0 Å². The van der Waals surface area contributed by atoms with Gasteiger partial charge in [0.1, 0.15) is 5.82 Å². The van der Waals surface area contributed by atoms with Crippen molar-refractivity contribution in [2.24, 2.45) is 0 Å². The van der Waals surface area contributed by atoms with Crippen LogP contribution in [0.25, 0.3) is 5.69 Å². The highest BCUT2D eigenvalue weighted by molar-refractivity contribution is 5.54. The number of para-hydroxylation sites is 1. The Morgan fingerprint density at radius 1 is 1.24 bits per heavy atom. The zero-order chi connectivity index (χ0) is 15.4. The third-order valence-corrected chi connectivity index (χ3v) is 3.68. The third-order valence-electron chi connectivity index (χ3n) is 3.68. The predicted molar refractivity (Wildman–Crippen MR) is 89.2 cm³/mol. The van der Waals surface area contributed by atoms with Crippen molar-refractivity contribution in [2.75, 3.05) is 18.5 Å². The molecule has 0 atom stereocenters. The van der Waals surface area contributed by atoms with E-state index in [9.17, 15) is 0 Å². The minimum atomic E-state index is 0.462. The second-order valence-corrected chi connectivity index (χ2v) is 5.68. The van der Waals surface area contributed by atoms with Crippen LogP contribution in [0.3, 0.4) is 0 Å². The van der Waals surface area contributed by atoms with Gasteiger partial charge in [-0.25, -0.2) is 4.68 Å². The van der Waals surface area contributed by atoms with Crippen molar-refractivity contribution in [1.82, 2.24) is 15.1 Å². The van der Waals surface area contributed by atoms with E-state index < -0.39 is 0 Å². The Kier molecular flexibility index (Phi) is 5.02. The van der Waals surface area contributed by atoms with Gasteiger partial charge in [0, 0.05) is 31.7 Å². The summed E-state index contributed by atoms with van der Waals surface area (Å²) in [6, 6.07) is 10.8. The van der Waals surface area contributed by atoms with Gasteiger partial charge in [-0.15, -0.1) is 0 Å². The fourth-order valence-electron chi connectivity index (χ4n) is 2.35. The van der Waals surface area contributed by atoms with E-state index in [1.54, 1.807) is 0 Å². The maximum absolute atomic E-state index is 4.76. The summed E-state index contributed by atoms with van der Waals surface area (Å²) in [6.07, 6.45) is 0. The number of nitrogens with zero attached hydrogens (tertiary/aromatic N) is 3. The zero-order valence-corrected chi connectivity index (χ0v) is 13.7. The van der Waals surface area contributed by atoms with Crippen molar-refractivity contribution >= 4 is 5.82 Å². The van der Waals surface area contributed by atoms with Crippen LogP contribution in [0, 0.1) is 6.92 Å². The van der Waals surface area contributed by atoms with Crippen LogP contribution in [0.2, 0.25) is 0 Å². The Balaban J connectivity index is 2.48. The lowest BCUT2D eigenvalue weighted by atomic mass is 10.2. The van der Waals surface area contributed by atoms with Crippen LogP contribution in [0.4, 0.5) is 5.82 Å². The number of nitrogens with one attached hydrogen (secondary N) is 1. The lowest BCUT2D eigenvalue weighted by molar-refractivity contribution is 0.587. The monoisotopic (exact) mass is 286 g/mol. The van der Waals surface area contributed by atoms with Crippen molar-refractivity contribution in [3.63, 3.8) is 0 Å². The molecule has 0 spiro atoms. The van der Waals surface area contributed by atoms with E-state index in [4.69, 9.17) is 5.10 Å². The topological polar surface area (TPSA) is 33.1 Å².